The summed E-state index contributed by atoms with van der Waals surface area (Å²) >= 11 is 1.41. The smallest absolute Gasteiger partial charge is 0.130 e. The number of halogens is 1. The molecular weight excluding hydrogens is 273 g/mol. The van der Waals surface area contributed by atoms with Crippen molar-refractivity contribution in [3.63, 3.8) is 0 Å². The van der Waals surface area contributed by atoms with Gasteiger partial charge in [-0.3, -0.25) is 0 Å². The van der Waals surface area contributed by atoms with Gasteiger partial charge in [-0.2, -0.15) is 5.26 Å². The fraction of sp³-hybridized carbons (Fsp3) is 0.267. The molecule has 102 valence electrons. The van der Waals surface area contributed by atoms with Crippen LogP contribution in [0.4, 0.5) is 15.1 Å². The molecule has 0 bridgehead atoms. The second-order valence-corrected chi connectivity index (χ2v) is 5.97. The second kappa shape index (κ2) is 5.14. The van der Waals surface area contributed by atoms with E-state index in [1.54, 1.807) is 12.1 Å². The highest BCUT2D eigenvalue weighted by Crippen LogP contribution is 2.50. The van der Waals surface area contributed by atoms with Crippen LogP contribution in [-0.4, -0.2) is 0 Å². The molecule has 0 aliphatic heterocycles. The summed E-state index contributed by atoms with van der Waals surface area (Å²) in [5, 5.41) is 13.4. The lowest BCUT2D eigenvalue weighted by molar-refractivity contribution is 0.627. The number of thiophene rings is 1. The van der Waals surface area contributed by atoms with Gasteiger partial charge in [0.15, 0.2) is 0 Å². The van der Waals surface area contributed by atoms with Crippen LogP contribution in [0.1, 0.15) is 34.8 Å². The summed E-state index contributed by atoms with van der Waals surface area (Å²) in [6, 6.07) is 8.54. The number of nitrogens with zero attached hydrogens (tertiary/aromatic N) is 1. The van der Waals surface area contributed by atoms with E-state index in [-0.39, 0.29) is 5.82 Å². The van der Waals surface area contributed by atoms with Crippen LogP contribution in [0.15, 0.2) is 24.3 Å². The molecule has 5 heteroatoms. The Kier molecular flexibility index (Phi) is 3.33. The first-order valence-corrected chi connectivity index (χ1v) is 7.31. The predicted molar refractivity (Wildman–Crippen MR) is 79.1 cm³/mol. The summed E-state index contributed by atoms with van der Waals surface area (Å²) in [7, 11) is 0. The summed E-state index contributed by atoms with van der Waals surface area (Å²) in [6.07, 6.45) is 2.27. The Hall–Kier alpha value is -2.06. The molecule has 1 fully saturated rings. The molecule has 1 heterocycles. The van der Waals surface area contributed by atoms with Crippen LogP contribution in [0, 0.1) is 17.1 Å². The molecule has 3 N–H and O–H groups in total. The number of benzene rings is 1. The Balaban J connectivity index is 1.80. The fourth-order valence-corrected chi connectivity index (χ4v) is 3.23. The molecule has 1 aromatic heterocycles. The van der Waals surface area contributed by atoms with E-state index in [1.807, 2.05) is 0 Å². The predicted octanol–water partition coefficient (Wildman–Crippen LogP) is 3.83. The number of anilines is 2. The summed E-state index contributed by atoms with van der Waals surface area (Å²) in [5.74, 6) is 0.253. The molecule has 0 unspecified atom stereocenters. The first-order chi connectivity index (χ1) is 9.69. The molecule has 1 aliphatic carbocycles. The van der Waals surface area contributed by atoms with Crippen molar-refractivity contribution in [3.05, 3.63) is 46.1 Å². The third-order valence-corrected chi connectivity index (χ3v) is 4.52. The molecule has 0 radical (unpaired) electrons. The minimum Gasteiger partial charge on any atom is -0.397 e. The Morgan fingerprint density at radius 2 is 2.05 bits per heavy atom. The summed E-state index contributed by atoms with van der Waals surface area (Å²) in [4.78, 5) is 0.577. The maximum atomic E-state index is 12.9. The molecule has 2 aromatic rings. The monoisotopic (exact) mass is 287 g/mol. The van der Waals surface area contributed by atoms with Crippen molar-refractivity contribution < 1.29 is 4.39 Å². The van der Waals surface area contributed by atoms with Crippen LogP contribution >= 0.6 is 11.3 Å². The molecule has 0 amide bonds. The normalized spacial score (nSPS) is 14.0. The number of nitrogens with one attached hydrogen (secondary N) is 1. The standard InChI is InChI=1S/C15H14FN3S/c16-11-5-1-9(2-6-11)8-19-15-13(10-3-4-10)14(18)12(7-17)20-15/h1-2,5-6,10,19H,3-4,8,18H2. The Labute approximate surface area is 120 Å². The molecule has 0 atom stereocenters. The van der Waals surface area contributed by atoms with E-state index in [0.29, 0.717) is 23.0 Å². The topological polar surface area (TPSA) is 61.8 Å². The van der Waals surface area contributed by atoms with Gasteiger partial charge < -0.3 is 11.1 Å². The first-order valence-electron chi connectivity index (χ1n) is 6.49. The van der Waals surface area contributed by atoms with Crippen molar-refractivity contribution in [2.45, 2.75) is 25.3 Å². The molecule has 3 rings (SSSR count). The Morgan fingerprint density at radius 3 is 2.65 bits per heavy atom. The lowest BCUT2D eigenvalue weighted by atomic mass is 10.1. The maximum Gasteiger partial charge on any atom is 0.130 e. The van der Waals surface area contributed by atoms with E-state index in [4.69, 9.17) is 11.0 Å². The third kappa shape index (κ3) is 2.47. The van der Waals surface area contributed by atoms with E-state index in [9.17, 15) is 4.39 Å². The highest BCUT2D eigenvalue weighted by molar-refractivity contribution is 7.17. The van der Waals surface area contributed by atoms with Gasteiger partial charge in [-0.1, -0.05) is 12.1 Å². The zero-order valence-electron chi connectivity index (χ0n) is 10.8. The minimum atomic E-state index is -0.237. The average molecular weight is 287 g/mol. The van der Waals surface area contributed by atoms with Crippen molar-refractivity contribution in [1.82, 2.24) is 0 Å². The number of hydrogen-bond acceptors (Lipinski definition) is 4. The van der Waals surface area contributed by atoms with Crippen molar-refractivity contribution in [2.24, 2.45) is 0 Å². The summed E-state index contributed by atoms with van der Waals surface area (Å²) in [6.45, 7) is 0.602. The zero-order valence-corrected chi connectivity index (χ0v) is 11.6. The Morgan fingerprint density at radius 1 is 1.35 bits per heavy atom. The third-order valence-electron chi connectivity index (χ3n) is 3.44. The van der Waals surface area contributed by atoms with Gasteiger partial charge in [-0.15, -0.1) is 11.3 Å². The fourth-order valence-electron chi connectivity index (χ4n) is 2.23. The zero-order chi connectivity index (χ0) is 14.1. The van der Waals surface area contributed by atoms with E-state index < -0.39 is 0 Å². The van der Waals surface area contributed by atoms with E-state index in [1.165, 1.54) is 23.5 Å². The number of hydrogen-bond donors (Lipinski definition) is 2. The number of rotatable bonds is 4. The van der Waals surface area contributed by atoms with Crippen LogP contribution < -0.4 is 11.1 Å². The van der Waals surface area contributed by atoms with Gasteiger partial charge in [0.25, 0.3) is 0 Å². The van der Waals surface area contributed by atoms with Crippen molar-refractivity contribution in [1.29, 1.82) is 5.26 Å². The summed E-state index contributed by atoms with van der Waals surface area (Å²) in [5.41, 5.74) is 8.76. The molecule has 1 aromatic carbocycles. The van der Waals surface area contributed by atoms with Crippen LogP contribution in [-0.2, 0) is 6.54 Å². The van der Waals surface area contributed by atoms with Gasteiger partial charge in [0.2, 0.25) is 0 Å². The number of nitrogens with two attached hydrogens (primary N) is 1. The van der Waals surface area contributed by atoms with Crippen molar-refractivity contribution in [2.75, 3.05) is 11.1 Å². The van der Waals surface area contributed by atoms with Gasteiger partial charge in [0.1, 0.15) is 16.8 Å². The average Bonchev–Trinajstić information content (AvgIpc) is 3.23. The van der Waals surface area contributed by atoms with Gasteiger partial charge >= 0.3 is 0 Å². The van der Waals surface area contributed by atoms with Gasteiger partial charge in [-0.25, -0.2) is 4.39 Å². The van der Waals surface area contributed by atoms with E-state index in [2.05, 4.69) is 11.4 Å². The molecule has 0 spiro atoms. The first kappa shape index (κ1) is 12.9. The summed E-state index contributed by atoms with van der Waals surface area (Å²) < 4.78 is 12.9. The van der Waals surface area contributed by atoms with Crippen LogP contribution in [0.25, 0.3) is 0 Å². The minimum absolute atomic E-state index is 0.237. The lowest BCUT2D eigenvalue weighted by Crippen LogP contribution is -2.00. The maximum absolute atomic E-state index is 12.9. The molecule has 3 nitrogen and oxygen atoms in total. The van der Waals surface area contributed by atoms with Gasteiger partial charge in [-0.05, 0) is 36.5 Å². The number of nitriles is 1. The number of nitrogen functional groups attached to an aromatic ring is 1. The quantitative estimate of drug-likeness (QED) is 0.898. The van der Waals surface area contributed by atoms with Crippen molar-refractivity contribution in [3.8, 4) is 6.07 Å². The highest BCUT2D eigenvalue weighted by Gasteiger charge is 2.31. The SMILES string of the molecule is N#Cc1sc(NCc2ccc(F)cc2)c(C2CC2)c1N. The molecular formula is C15H14FN3S. The van der Waals surface area contributed by atoms with Gasteiger partial charge in [0.05, 0.1) is 10.7 Å². The molecule has 1 saturated carbocycles. The second-order valence-electron chi connectivity index (χ2n) is 4.95. The van der Waals surface area contributed by atoms with Crippen LogP contribution in [0.2, 0.25) is 0 Å². The largest absolute Gasteiger partial charge is 0.397 e. The van der Waals surface area contributed by atoms with Crippen LogP contribution in [0.5, 0.6) is 0 Å². The van der Waals surface area contributed by atoms with Gasteiger partial charge in [0, 0.05) is 12.1 Å². The van der Waals surface area contributed by atoms with Crippen molar-refractivity contribution >= 4 is 22.0 Å². The van der Waals surface area contributed by atoms with E-state index in [0.717, 1.165) is 29.0 Å². The molecule has 1 aliphatic rings. The lowest BCUT2D eigenvalue weighted by Gasteiger charge is -2.07. The van der Waals surface area contributed by atoms with Crippen LogP contribution in [0.3, 0.4) is 0 Å². The molecule has 0 saturated heterocycles. The molecule has 20 heavy (non-hydrogen) atoms. The Bertz CT molecular complexity index is 666. The van der Waals surface area contributed by atoms with E-state index >= 15 is 0 Å². The highest BCUT2D eigenvalue weighted by atomic mass is 32.1.